The third-order valence-electron chi connectivity index (χ3n) is 5.95. The maximum absolute atomic E-state index is 12.7. The predicted molar refractivity (Wildman–Crippen MR) is 118 cm³/mol. The van der Waals surface area contributed by atoms with Gasteiger partial charge in [0.1, 0.15) is 5.39 Å². The summed E-state index contributed by atoms with van der Waals surface area (Å²) in [7, 11) is 0. The van der Waals surface area contributed by atoms with Crippen molar-refractivity contribution in [2.75, 3.05) is 5.32 Å². The molecular formula is C23H23N7O. The second-order valence-electron chi connectivity index (χ2n) is 8.01. The minimum Gasteiger partial charge on any atom is -0.338 e. The molecule has 4 aromatic rings. The van der Waals surface area contributed by atoms with E-state index in [-0.39, 0.29) is 17.5 Å². The van der Waals surface area contributed by atoms with Crippen LogP contribution in [0.4, 0.5) is 11.5 Å². The molecule has 1 fully saturated rings. The van der Waals surface area contributed by atoms with Gasteiger partial charge in [-0.2, -0.15) is 10.4 Å². The number of benzene rings is 1. The van der Waals surface area contributed by atoms with Crippen molar-refractivity contribution in [3.05, 3.63) is 71.2 Å². The largest absolute Gasteiger partial charge is 0.338 e. The minimum absolute atomic E-state index is 0.0221. The monoisotopic (exact) mass is 413 g/mol. The van der Waals surface area contributed by atoms with E-state index in [1.54, 1.807) is 18.7 Å². The zero-order valence-electron chi connectivity index (χ0n) is 17.0. The first-order valence-electron chi connectivity index (χ1n) is 10.5. The molecule has 1 aromatic carbocycles. The van der Waals surface area contributed by atoms with Crippen molar-refractivity contribution in [2.24, 2.45) is 5.92 Å². The molecule has 8 nitrogen and oxygen atoms in total. The van der Waals surface area contributed by atoms with Crippen molar-refractivity contribution in [3.8, 4) is 6.07 Å². The Bertz CT molecular complexity index is 1300. The zero-order chi connectivity index (χ0) is 21.2. The van der Waals surface area contributed by atoms with Crippen molar-refractivity contribution < 1.29 is 0 Å². The number of hydrogen-bond acceptors (Lipinski definition) is 5. The van der Waals surface area contributed by atoms with Crippen molar-refractivity contribution in [1.82, 2.24) is 24.3 Å². The number of aromatic nitrogens is 5. The van der Waals surface area contributed by atoms with Gasteiger partial charge in [-0.25, -0.2) is 4.98 Å². The van der Waals surface area contributed by atoms with Crippen LogP contribution in [0.15, 0.2) is 60.0 Å². The summed E-state index contributed by atoms with van der Waals surface area (Å²) in [6.45, 7) is 0.706. The highest BCUT2D eigenvalue weighted by atomic mass is 16.1. The molecule has 2 N–H and O–H groups in total. The molecule has 2 unspecified atom stereocenters. The van der Waals surface area contributed by atoms with Gasteiger partial charge in [-0.05, 0) is 36.6 Å². The highest BCUT2D eigenvalue weighted by molar-refractivity contribution is 5.91. The first-order chi connectivity index (χ1) is 15.2. The minimum atomic E-state index is -0.190. The van der Waals surface area contributed by atoms with Crippen LogP contribution in [0.3, 0.4) is 0 Å². The summed E-state index contributed by atoms with van der Waals surface area (Å²) in [4.78, 5) is 19.5. The van der Waals surface area contributed by atoms with Crippen molar-refractivity contribution >= 4 is 22.4 Å². The highest BCUT2D eigenvalue weighted by Gasteiger charge is 2.29. The first kappa shape index (κ1) is 19.1. The van der Waals surface area contributed by atoms with Gasteiger partial charge in [0, 0.05) is 30.8 Å². The van der Waals surface area contributed by atoms with Crippen LogP contribution >= 0.6 is 0 Å². The van der Waals surface area contributed by atoms with Crippen molar-refractivity contribution in [1.29, 1.82) is 5.26 Å². The molecule has 1 saturated carbocycles. The fourth-order valence-electron chi connectivity index (χ4n) is 4.47. The van der Waals surface area contributed by atoms with E-state index in [1.807, 2.05) is 45.8 Å². The number of fused-ring (bicyclic) bond motifs is 1. The third-order valence-corrected chi connectivity index (χ3v) is 5.95. The van der Waals surface area contributed by atoms with E-state index in [0.717, 1.165) is 42.5 Å². The van der Waals surface area contributed by atoms with Crippen LogP contribution in [0, 0.1) is 17.2 Å². The number of hydrogen-bond donors (Lipinski definition) is 2. The lowest BCUT2D eigenvalue weighted by atomic mass is 9.85. The predicted octanol–water partition coefficient (Wildman–Crippen LogP) is 3.97. The van der Waals surface area contributed by atoms with Gasteiger partial charge in [0.25, 0.3) is 5.56 Å². The number of nitriles is 1. The molecule has 0 aliphatic heterocycles. The Morgan fingerprint density at radius 3 is 3.00 bits per heavy atom. The summed E-state index contributed by atoms with van der Waals surface area (Å²) in [5, 5.41) is 18.3. The maximum Gasteiger partial charge on any atom is 0.261 e. The number of anilines is 2. The first-order valence-corrected chi connectivity index (χ1v) is 10.5. The van der Waals surface area contributed by atoms with Crippen molar-refractivity contribution in [3.63, 3.8) is 0 Å². The molecule has 3 heterocycles. The van der Waals surface area contributed by atoms with Gasteiger partial charge < -0.3 is 14.9 Å². The molecule has 1 aliphatic carbocycles. The Labute approximate surface area is 179 Å². The van der Waals surface area contributed by atoms with E-state index in [2.05, 4.69) is 21.4 Å². The van der Waals surface area contributed by atoms with E-state index < -0.39 is 0 Å². The molecule has 0 amide bonds. The van der Waals surface area contributed by atoms with Crippen molar-refractivity contribution in [2.45, 2.75) is 38.3 Å². The van der Waals surface area contributed by atoms with Crippen LogP contribution < -0.4 is 10.9 Å². The lowest BCUT2D eigenvalue weighted by Crippen LogP contribution is -2.23. The second-order valence-corrected chi connectivity index (χ2v) is 8.01. The third kappa shape index (κ3) is 3.70. The van der Waals surface area contributed by atoms with E-state index in [1.165, 1.54) is 0 Å². The number of aromatic amines is 1. The number of pyridine rings is 1. The Balaban J connectivity index is 1.52. The van der Waals surface area contributed by atoms with Crippen LogP contribution in [0.25, 0.3) is 10.9 Å². The molecule has 0 spiro atoms. The smallest absolute Gasteiger partial charge is 0.261 e. The average molecular weight is 413 g/mol. The lowest BCUT2D eigenvalue weighted by Gasteiger charge is -2.27. The summed E-state index contributed by atoms with van der Waals surface area (Å²) in [6.07, 6.45) is 11.0. The Hall–Kier alpha value is -3.86. The molecular weight excluding hydrogens is 390 g/mol. The number of nitrogens with one attached hydrogen (secondary N) is 2. The maximum atomic E-state index is 12.7. The molecule has 8 heteroatoms. The van der Waals surface area contributed by atoms with E-state index >= 15 is 0 Å². The molecule has 0 bridgehead atoms. The van der Waals surface area contributed by atoms with Gasteiger partial charge in [0.15, 0.2) is 5.82 Å². The van der Waals surface area contributed by atoms with Crippen LogP contribution in [0.2, 0.25) is 0 Å². The fraction of sp³-hybridized carbons (Fsp3) is 0.304. The van der Waals surface area contributed by atoms with Gasteiger partial charge in [0.05, 0.1) is 29.9 Å². The van der Waals surface area contributed by atoms with Crippen LogP contribution in [0.1, 0.15) is 37.3 Å². The second kappa shape index (κ2) is 8.11. The topological polar surface area (TPSA) is 104 Å². The van der Waals surface area contributed by atoms with E-state index in [4.69, 9.17) is 5.10 Å². The summed E-state index contributed by atoms with van der Waals surface area (Å²) in [5.74, 6) is 0.418. The molecule has 0 radical (unpaired) electrons. The average Bonchev–Trinajstić information content (AvgIpc) is 3.43. The highest BCUT2D eigenvalue weighted by Crippen LogP contribution is 2.36. The van der Waals surface area contributed by atoms with Gasteiger partial charge in [-0.3, -0.25) is 9.48 Å². The Kier molecular flexibility index (Phi) is 5.00. The SMILES string of the molecule is N#CC1CCCCC1n1nc(Nc2cccc(Cn3ccnc3)c2)c2c(=O)[nH]ccc21. The number of nitrogens with zero attached hydrogens (tertiary/aromatic N) is 5. The number of imidazole rings is 1. The van der Waals surface area contributed by atoms with Crippen LogP contribution in [-0.4, -0.2) is 24.3 Å². The van der Waals surface area contributed by atoms with Gasteiger partial charge in [0.2, 0.25) is 0 Å². The quantitative estimate of drug-likeness (QED) is 0.515. The molecule has 156 valence electrons. The molecule has 2 atom stereocenters. The number of H-pyrrole nitrogens is 1. The summed E-state index contributed by atoms with van der Waals surface area (Å²) < 4.78 is 3.88. The summed E-state index contributed by atoms with van der Waals surface area (Å²) in [5.41, 5.74) is 2.53. The molecule has 1 aliphatic rings. The fourth-order valence-corrected chi connectivity index (χ4v) is 4.47. The zero-order valence-corrected chi connectivity index (χ0v) is 17.0. The lowest BCUT2D eigenvalue weighted by molar-refractivity contribution is 0.277. The number of rotatable bonds is 5. The molecule has 31 heavy (non-hydrogen) atoms. The summed E-state index contributed by atoms with van der Waals surface area (Å²) >= 11 is 0. The molecule has 5 rings (SSSR count). The van der Waals surface area contributed by atoms with E-state index in [9.17, 15) is 10.1 Å². The normalized spacial score (nSPS) is 18.7. The van der Waals surface area contributed by atoms with Gasteiger partial charge >= 0.3 is 0 Å². The molecule has 3 aromatic heterocycles. The van der Waals surface area contributed by atoms with Gasteiger partial charge in [-0.15, -0.1) is 0 Å². The van der Waals surface area contributed by atoms with Crippen LogP contribution in [-0.2, 0) is 6.54 Å². The summed E-state index contributed by atoms with van der Waals surface area (Å²) in [6, 6.07) is 12.3. The Morgan fingerprint density at radius 2 is 2.16 bits per heavy atom. The van der Waals surface area contributed by atoms with Gasteiger partial charge in [-0.1, -0.05) is 25.0 Å². The molecule has 0 saturated heterocycles. The van der Waals surface area contributed by atoms with E-state index in [0.29, 0.717) is 17.7 Å². The van der Waals surface area contributed by atoms with Crippen LogP contribution in [0.5, 0.6) is 0 Å². The Morgan fingerprint density at radius 1 is 1.26 bits per heavy atom. The standard InChI is InChI=1S/C23H23N7O/c24-13-17-5-1-2-7-19(17)30-20-8-9-26-23(31)21(20)22(28-30)27-18-6-3-4-16(12-18)14-29-11-10-25-15-29/h3-4,6,8-12,15,17,19H,1-2,5,7,14H2,(H,26,31)(H,27,28).